The minimum atomic E-state index is -0.129. The molecule has 1 aromatic rings. The van der Waals surface area contributed by atoms with Gasteiger partial charge in [-0.25, -0.2) is 0 Å². The molecule has 4 nitrogen and oxygen atoms in total. The van der Waals surface area contributed by atoms with E-state index < -0.39 is 0 Å². The summed E-state index contributed by atoms with van der Waals surface area (Å²) in [6.07, 6.45) is 2.17. The fraction of sp³-hybridized carbons (Fsp3) is 0.562. The second-order valence-electron chi connectivity index (χ2n) is 5.20. The van der Waals surface area contributed by atoms with Gasteiger partial charge in [0.15, 0.2) is 0 Å². The fourth-order valence-electron chi connectivity index (χ4n) is 2.44. The monoisotopic (exact) mass is 276 g/mol. The third-order valence-electron chi connectivity index (χ3n) is 3.61. The first-order valence-corrected chi connectivity index (χ1v) is 7.43. The van der Waals surface area contributed by atoms with Crippen LogP contribution in [0.4, 0.5) is 0 Å². The van der Waals surface area contributed by atoms with E-state index in [0.29, 0.717) is 13.2 Å². The van der Waals surface area contributed by atoms with Crippen LogP contribution in [0.3, 0.4) is 0 Å². The highest BCUT2D eigenvalue weighted by molar-refractivity contribution is 5.84. The van der Waals surface area contributed by atoms with Gasteiger partial charge >= 0.3 is 0 Å². The molecule has 1 saturated heterocycles. The summed E-state index contributed by atoms with van der Waals surface area (Å²) in [4.78, 5) is 14.1. The van der Waals surface area contributed by atoms with Gasteiger partial charge in [0.2, 0.25) is 5.91 Å². The van der Waals surface area contributed by atoms with Crippen LogP contribution >= 0.6 is 0 Å². The van der Waals surface area contributed by atoms with E-state index in [1.165, 1.54) is 0 Å². The summed E-state index contributed by atoms with van der Waals surface area (Å²) >= 11 is 0. The van der Waals surface area contributed by atoms with Crippen molar-refractivity contribution in [2.75, 3.05) is 19.8 Å². The van der Waals surface area contributed by atoms with E-state index in [1.54, 1.807) is 0 Å². The first-order valence-electron chi connectivity index (χ1n) is 7.43. The number of rotatable bonds is 7. The van der Waals surface area contributed by atoms with Crippen molar-refractivity contribution in [2.24, 2.45) is 0 Å². The van der Waals surface area contributed by atoms with E-state index in [0.717, 1.165) is 25.0 Å². The molecule has 2 unspecified atom stereocenters. The number of carbonyl (C=O) groups excluding carboxylic acids is 1. The number of hydrogen-bond acceptors (Lipinski definition) is 3. The Balaban J connectivity index is 1.94. The Bertz CT molecular complexity index is 422. The van der Waals surface area contributed by atoms with Crippen molar-refractivity contribution in [3.63, 3.8) is 0 Å². The molecule has 1 fully saturated rings. The van der Waals surface area contributed by atoms with Crippen molar-refractivity contribution < 1.29 is 9.53 Å². The van der Waals surface area contributed by atoms with Crippen LogP contribution < -0.4 is 5.32 Å². The van der Waals surface area contributed by atoms with Gasteiger partial charge in [0.1, 0.15) is 6.17 Å². The van der Waals surface area contributed by atoms with E-state index in [4.69, 9.17) is 4.74 Å². The van der Waals surface area contributed by atoms with E-state index in [2.05, 4.69) is 12.2 Å². The SMILES string of the molecule is CCCCOCCN1C(=O)C(C)NC1c1ccccc1. The smallest absolute Gasteiger partial charge is 0.241 e. The highest BCUT2D eigenvalue weighted by atomic mass is 16.5. The average Bonchev–Trinajstić information content (AvgIpc) is 2.76. The van der Waals surface area contributed by atoms with Gasteiger partial charge in [-0.1, -0.05) is 43.7 Å². The molecule has 2 atom stereocenters. The molecule has 0 saturated carbocycles. The topological polar surface area (TPSA) is 41.6 Å². The van der Waals surface area contributed by atoms with Crippen LogP contribution in [0.5, 0.6) is 0 Å². The molecule has 110 valence electrons. The van der Waals surface area contributed by atoms with Gasteiger partial charge in [0.25, 0.3) is 0 Å². The molecule has 0 bridgehead atoms. The zero-order valence-electron chi connectivity index (χ0n) is 12.3. The third kappa shape index (κ3) is 3.58. The molecule has 0 spiro atoms. The minimum Gasteiger partial charge on any atom is -0.380 e. The largest absolute Gasteiger partial charge is 0.380 e. The van der Waals surface area contributed by atoms with E-state index in [-0.39, 0.29) is 18.1 Å². The number of ether oxygens (including phenoxy) is 1. The normalized spacial score (nSPS) is 22.5. The van der Waals surface area contributed by atoms with Crippen LogP contribution in [0.2, 0.25) is 0 Å². The number of carbonyl (C=O) groups is 1. The van der Waals surface area contributed by atoms with Crippen molar-refractivity contribution in [3.8, 4) is 0 Å². The van der Waals surface area contributed by atoms with Crippen molar-refractivity contribution in [1.29, 1.82) is 0 Å². The molecule has 20 heavy (non-hydrogen) atoms. The Labute approximate surface area is 121 Å². The Morgan fingerprint density at radius 1 is 1.25 bits per heavy atom. The average molecular weight is 276 g/mol. The first-order chi connectivity index (χ1) is 9.74. The quantitative estimate of drug-likeness (QED) is 0.777. The Morgan fingerprint density at radius 2 is 2.00 bits per heavy atom. The molecule has 4 heteroatoms. The highest BCUT2D eigenvalue weighted by Crippen LogP contribution is 2.24. The van der Waals surface area contributed by atoms with Gasteiger partial charge < -0.3 is 9.64 Å². The molecular formula is C16H24N2O2. The van der Waals surface area contributed by atoms with Crippen LogP contribution in [0, 0.1) is 0 Å². The maximum absolute atomic E-state index is 12.2. The van der Waals surface area contributed by atoms with Crippen LogP contribution in [-0.4, -0.2) is 36.6 Å². The number of nitrogens with one attached hydrogen (secondary N) is 1. The number of benzene rings is 1. The lowest BCUT2D eigenvalue weighted by Crippen LogP contribution is -2.33. The van der Waals surface area contributed by atoms with Gasteiger partial charge in [0, 0.05) is 13.2 Å². The zero-order chi connectivity index (χ0) is 14.4. The molecular weight excluding hydrogens is 252 g/mol. The molecule has 0 radical (unpaired) electrons. The summed E-state index contributed by atoms with van der Waals surface area (Å²) in [5.41, 5.74) is 1.12. The first kappa shape index (κ1) is 15.0. The van der Waals surface area contributed by atoms with Gasteiger partial charge in [0.05, 0.1) is 12.6 Å². The van der Waals surface area contributed by atoms with Crippen molar-refractivity contribution in [3.05, 3.63) is 35.9 Å². The molecule has 1 N–H and O–H groups in total. The number of amides is 1. The number of unbranched alkanes of at least 4 members (excludes halogenated alkanes) is 1. The van der Waals surface area contributed by atoms with Crippen LogP contribution in [0.15, 0.2) is 30.3 Å². The van der Waals surface area contributed by atoms with Crippen LogP contribution in [0.25, 0.3) is 0 Å². The summed E-state index contributed by atoms with van der Waals surface area (Å²) in [5.74, 6) is 0.151. The van der Waals surface area contributed by atoms with Crippen LogP contribution in [-0.2, 0) is 9.53 Å². The summed E-state index contributed by atoms with van der Waals surface area (Å²) in [5, 5.41) is 3.34. The van der Waals surface area contributed by atoms with Gasteiger partial charge in [-0.15, -0.1) is 0 Å². The van der Waals surface area contributed by atoms with Crippen molar-refractivity contribution in [1.82, 2.24) is 10.2 Å². The number of hydrogen-bond donors (Lipinski definition) is 1. The van der Waals surface area contributed by atoms with Crippen molar-refractivity contribution >= 4 is 5.91 Å². The van der Waals surface area contributed by atoms with E-state index in [1.807, 2.05) is 42.2 Å². The Kier molecular flexibility index (Phi) is 5.56. The molecule has 1 aliphatic rings. The summed E-state index contributed by atoms with van der Waals surface area (Å²) in [7, 11) is 0. The molecule has 1 amide bonds. The third-order valence-corrected chi connectivity index (χ3v) is 3.61. The van der Waals surface area contributed by atoms with Gasteiger partial charge in [-0.05, 0) is 18.9 Å². The van der Waals surface area contributed by atoms with Crippen LogP contribution in [0.1, 0.15) is 38.4 Å². The molecule has 0 aliphatic carbocycles. The standard InChI is InChI=1S/C16H24N2O2/c1-3-4-11-20-12-10-18-15(17-13(2)16(18)19)14-8-6-5-7-9-14/h5-9,13,15,17H,3-4,10-12H2,1-2H3. The summed E-state index contributed by atoms with van der Waals surface area (Å²) < 4.78 is 5.58. The molecule has 1 aromatic carbocycles. The second-order valence-corrected chi connectivity index (χ2v) is 5.20. The molecule has 2 rings (SSSR count). The molecule has 1 aliphatic heterocycles. The van der Waals surface area contributed by atoms with Crippen molar-refractivity contribution in [2.45, 2.75) is 38.9 Å². The summed E-state index contributed by atoms with van der Waals surface area (Å²) in [6.45, 7) is 6.07. The highest BCUT2D eigenvalue weighted by Gasteiger charge is 2.36. The van der Waals surface area contributed by atoms with Gasteiger partial charge in [-0.3, -0.25) is 10.1 Å². The fourth-order valence-corrected chi connectivity index (χ4v) is 2.44. The predicted octanol–water partition coefficient (Wildman–Crippen LogP) is 2.32. The van der Waals surface area contributed by atoms with E-state index in [9.17, 15) is 4.79 Å². The maximum Gasteiger partial charge on any atom is 0.241 e. The maximum atomic E-state index is 12.2. The minimum absolute atomic E-state index is 0.0338. The second kappa shape index (κ2) is 7.41. The lowest BCUT2D eigenvalue weighted by atomic mass is 10.1. The van der Waals surface area contributed by atoms with Gasteiger partial charge in [-0.2, -0.15) is 0 Å². The van der Waals surface area contributed by atoms with E-state index >= 15 is 0 Å². The predicted molar refractivity (Wildman–Crippen MR) is 79.2 cm³/mol. The number of nitrogens with zero attached hydrogens (tertiary/aromatic N) is 1. The summed E-state index contributed by atoms with van der Waals surface area (Å²) in [6, 6.07) is 9.96. The molecule has 1 heterocycles. The molecule has 0 aromatic heterocycles. The Hall–Kier alpha value is -1.39. The zero-order valence-corrected chi connectivity index (χ0v) is 12.3. The lowest BCUT2D eigenvalue weighted by Gasteiger charge is -2.24. The lowest BCUT2D eigenvalue weighted by molar-refractivity contribution is -0.130. The Morgan fingerprint density at radius 3 is 2.70 bits per heavy atom.